The summed E-state index contributed by atoms with van der Waals surface area (Å²) in [5.74, 6) is 0. The van der Waals surface area contributed by atoms with Crippen molar-refractivity contribution < 1.29 is 9.31 Å². The zero-order chi connectivity index (χ0) is 30.1. The maximum atomic E-state index is 6.12. The van der Waals surface area contributed by atoms with Crippen molar-refractivity contribution in [3.8, 4) is 0 Å². The highest BCUT2D eigenvalue weighted by Crippen LogP contribution is 2.36. The largest absolute Gasteiger partial charge is 0.494 e. The van der Waals surface area contributed by atoms with Crippen LogP contribution in [0.4, 0.5) is 0 Å². The molecule has 7 rings (SSSR count). The zero-order valence-corrected chi connectivity index (χ0v) is 28.5. The van der Waals surface area contributed by atoms with Crippen LogP contribution < -0.4 is 5.46 Å². The molecule has 42 heavy (non-hydrogen) atoms. The van der Waals surface area contributed by atoms with E-state index in [1.807, 2.05) is 0 Å². The number of aromatic nitrogens is 2. The Bertz CT molecular complexity index is 1720. The number of rotatable bonds is 3. The molecule has 1 aliphatic carbocycles. The van der Waals surface area contributed by atoms with Gasteiger partial charge in [0.05, 0.1) is 11.2 Å². The predicted octanol–water partition coefficient (Wildman–Crippen LogP) is 9.40. The first-order valence-corrected chi connectivity index (χ1v) is 16.2. The molecule has 0 N–H and O–H groups in total. The van der Waals surface area contributed by atoms with E-state index >= 15 is 0 Å². The van der Waals surface area contributed by atoms with Crippen LogP contribution in [0.5, 0.6) is 0 Å². The molecule has 0 radical (unpaired) electrons. The van der Waals surface area contributed by atoms with E-state index in [1.165, 1.54) is 37.4 Å². The SMILES string of the molecule is Brc1ccc2c(c1)CC=C2.CCn1ccc2ccc(B3OC(C)(C)C(C)(C)O3)cc21.CCn1ccc2ccc(Br)cc21. The molecule has 1 fully saturated rings. The fourth-order valence-electron chi connectivity index (χ4n) is 5.26. The smallest absolute Gasteiger partial charge is 0.399 e. The number of aryl methyl sites for hydroxylation is 2. The number of fused-ring (bicyclic) bond motifs is 3. The lowest BCUT2D eigenvalue weighted by molar-refractivity contribution is 0.00578. The third kappa shape index (κ3) is 6.50. The van der Waals surface area contributed by atoms with Gasteiger partial charge in [-0.3, -0.25) is 0 Å². The van der Waals surface area contributed by atoms with Crippen LogP contribution in [0.3, 0.4) is 0 Å². The molecule has 1 aliphatic heterocycles. The number of hydrogen-bond donors (Lipinski definition) is 0. The van der Waals surface area contributed by atoms with Crippen molar-refractivity contribution >= 4 is 72.3 Å². The molecule has 7 heteroatoms. The van der Waals surface area contributed by atoms with Crippen LogP contribution in [0.2, 0.25) is 0 Å². The van der Waals surface area contributed by atoms with Crippen LogP contribution >= 0.6 is 31.9 Å². The fraction of sp³-hybridized carbons (Fsp3) is 0.314. The van der Waals surface area contributed by atoms with Gasteiger partial charge in [-0.05, 0) is 118 Å². The lowest BCUT2D eigenvalue weighted by atomic mass is 9.79. The van der Waals surface area contributed by atoms with Gasteiger partial charge in [-0.1, -0.05) is 68.3 Å². The quantitative estimate of drug-likeness (QED) is 0.177. The Hall–Kier alpha value is -2.58. The van der Waals surface area contributed by atoms with Crippen LogP contribution in [0.1, 0.15) is 52.7 Å². The standard InChI is InChI=1S/C16H22BNO2.C10H10BrN.C9H7Br/c1-6-18-10-9-12-7-8-13(11-14(12)18)17-19-15(2,3)16(4,5)20-17;1-2-12-6-5-8-3-4-9(11)7-10(8)12;10-9-5-4-7-2-1-3-8(7)6-9/h7-11H,6H2,1-5H3;3-7H,2H2,1H3;1-2,4-6H,3H2. The van der Waals surface area contributed by atoms with E-state index in [1.54, 1.807) is 0 Å². The number of allylic oxidation sites excluding steroid dienone is 1. The Kier molecular flexibility index (Phi) is 9.24. The van der Waals surface area contributed by atoms with Crippen molar-refractivity contribution in [1.82, 2.24) is 9.13 Å². The first-order chi connectivity index (χ1) is 20.0. The van der Waals surface area contributed by atoms with Gasteiger partial charge in [0, 0.05) is 45.5 Å². The van der Waals surface area contributed by atoms with E-state index in [9.17, 15) is 0 Å². The van der Waals surface area contributed by atoms with Gasteiger partial charge in [0.15, 0.2) is 0 Å². The summed E-state index contributed by atoms with van der Waals surface area (Å²) >= 11 is 6.90. The highest BCUT2D eigenvalue weighted by atomic mass is 79.9. The van der Waals surface area contributed by atoms with Crippen LogP contribution in [0, 0.1) is 0 Å². The Morgan fingerprint density at radius 1 is 0.714 bits per heavy atom. The van der Waals surface area contributed by atoms with Crippen molar-refractivity contribution in [1.29, 1.82) is 0 Å². The van der Waals surface area contributed by atoms with Crippen LogP contribution in [0.25, 0.3) is 27.9 Å². The van der Waals surface area contributed by atoms with Crippen molar-refractivity contribution in [2.45, 2.75) is 72.3 Å². The van der Waals surface area contributed by atoms with E-state index in [0.29, 0.717) is 0 Å². The van der Waals surface area contributed by atoms with Gasteiger partial charge in [-0.25, -0.2) is 0 Å². The van der Waals surface area contributed by atoms with Crippen molar-refractivity contribution in [2.75, 3.05) is 0 Å². The monoisotopic (exact) mass is 688 g/mol. The van der Waals surface area contributed by atoms with Gasteiger partial charge in [0.2, 0.25) is 0 Å². The van der Waals surface area contributed by atoms with Gasteiger partial charge in [0.25, 0.3) is 0 Å². The van der Waals surface area contributed by atoms with Gasteiger partial charge < -0.3 is 18.4 Å². The third-order valence-corrected chi connectivity index (χ3v) is 9.47. The summed E-state index contributed by atoms with van der Waals surface area (Å²) in [5.41, 5.74) is 5.83. The number of halogens is 2. The lowest BCUT2D eigenvalue weighted by Crippen LogP contribution is -2.41. The molecule has 3 heterocycles. The van der Waals surface area contributed by atoms with Gasteiger partial charge >= 0.3 is 7.12 Å². The minimum Gasteiger partial charge on any atom is -0.399 e. The molecule has 2 aromatic heterocycles. The maximum absolute atomic E-state index is 6.12. The second-order valence-corrected chi connectivity index (χ2v) is 13.6. The zero-order valence-electron chi connectivity index (χ0n) is 25.3. The van der Waals surface area contributed by atoms with Crippen molar-refractivity contribution in [3.05, 3.63) is 105 Å². The molecule has 4 nitrogen and oxygen atoms in total. The van der Waals surface area contributed by atoms with Gasteiger partial charge in [-0.2, -0.15) is 0 Å². The molecule has 1 saturated heterocycles. The molecule has 2 aliphatic rings. The molecule has 0 bridgehead atoms. The minimum atomic E-state index is -0.292. The van der Waals surface area contributed by atoms with Gasteiger partial charge in [-0.15, -0.1) is 0 Å². The highest BCUT2D eigenvalue weighted by Gasteiger charge is 2.51. The van der Waals surface area contributed by atoms with Crippen LogP contribution in [-0.4, -0.2) is 27.5 Å². The number of benzene rings is 3. The van der Waals surface area contributed by atoms with Crippen molar-refractivity contribution in [2.24, 2.45) is 0 Å². The Labute approximate surface area is 267 Å². The molecule has 218 valence electrons. The Balaban J connectivity index is 0.000000136. The predicted molar refractivity (Wildman–Crippen MR) is 186 cm³/mol. The maximum Gasteiger partial charge on any atom is 0.494 e. The Morgan fingerprint density at radius 2 is 1.26 bits per heavy atom. The molecule has 0 amide bonds. The summed E-state index contributed by atoms with van der Waals surface area (Å²) < 4.78 is 19.0. The summed E-state index contributed by atoms with van der Waals surface area (Å²) in [5, 5.41) is 2.56. The molecule has 3 aromatic carbocycles. The number of hydrogen-bond acceptors (Lipinski definition) is 2. The Morgan fingerprint density at radius 3 is 1.88 bits per heavy atom. The number of nitrogens with zero attached hydrogens (tertiary/aromatic N) is 2. The average Bonchev–Trinajstić information content (AvgIpc) is 3.73. The van der Waals surface area contributed by atoms with Gasteiger partial charge in [0.1, 0.15) is 0 Å². The summed E-state index contributed by atoms with van der Waals surface area (Å²) in [6.07, 6.45) is 9.70. The molecule has 5 aromatic rings. The molecule has 0 unspecified atom stereocenters. The first-order valence-electron chi connectivity index (χ1n) is 14.6. The van der Waals surface area contributed by atoms with E-state index in [0.717, 1.165) is 29.4 Å². The highest BCUT2D eigenvalue weighted by molar-refractivity contribution is 9.10. The third-order valence-electron chi connectivity index (χ3n) is 8.48. The van der Waals surface area contributed by atoms with E-state index in [-0.39, 0.29) is 18.3 Å². The van der Waals surface area contributed by atoms with E-state index in [2.05, 4.69) is 174 Å². The topological polar surface area (TPSA) is 28.3 Å². The average molecular weight is 690 g/mol. The summed E-state index contributed by atoms with van der Waals surface area (Å²) in [4.78, 5) is 0. The van der Waals surface area contributed by atoms with E-state index in [4.69, 9.17) is 9.31 Å². The van der Waals surface area contributed by atoms with Crippen molar-refractivity contribution in [3.63, 3.8) is 0 Å². The second kappa shape index (κ2) is 12.6. The van der Waals surface area contributed by atoms with Crippen LogP contribution in [-0.2, 0) is 28.8 Å². The van der Waals surface area contributed by atoms with E-state index < -0.39 is 0 Å². The fourth-order valence-corrected chi connectivity index (χ4v) is 6.02. The summed E-state index contributed by atoms with van der Waals surface area (Å²) in [6, 6.07) is 23.5. The second-order valence-electron chi connectivity index (χ2n) is 11.8. The summed E-state index contributed by atoms with van der Waals surface area (Å²) in [7, 11) is -0.287. The molecular formula is C35H39BBr2N2O2. The molecule has 0 atom stereocenters. The summed E-state index contributed by atoms with van der Waals surface area (Å²) in [6.45, 7) is 14.6. The molecular weight excluding hydrogens is 651 g/mol. The first kappa shape index (κ1) is 30.9. The minimum absolute atomic E-state index is 0.287. The normalized spacial score (nSPS) is 16.2. The molecule has 0 spiro atoms. The molecule has 0 saturated carbocycles. The lowest BCUT2D eigenvalue weighted by Gasteiger charge is -2.32. The van der Waals surface area contributed by atoms with Crippen LogP contribution in [0.15, 0.2) is 94.1 Å².